The van der Waals surface area contributed by atoms with Crippen molar-refractivity contribution in [2.24, 2.45) is 0 Å². The van der Waals surface area contributed by atoms with Crippen LogP contribution in [0.15, 0.2) is 0 Å². The van der Waals surface area contributed by atoms with Crippen molar-refractivity contribution in [3.63, 3.8) is 0 Å². The van der Waals surface area contributed by atoms with Crippen LogP contribution in [-0.2, 0) is 13.5 Å². The van der Waals surface area contributed by atoms with Gasteiger partial charge in [-0.1, -0.05) is 26.2 Å². The van der Waals surface area contributed by atoms with E-state index in [-0.39, 0.29) is 0 Å². The van der Waals surface area contributed by atoms with Crippen LogP contribution in [0, 0.1) is 0 Å². The summed E-state index contributed by atoms with van der Waals surface area (Å²) in [7, 11) is -10.8. The maximum Gasteiger partial charge on any atom is 0.0311 e. The summed E-state index contributed by atoms with van der Waals surface area (Å²) in [6.07, 6.45) is 4.92. The van der Waals surface area contributed by atoms with Gasteiger partial charge in [0.05, 0.1) is 0 Å². The van der Waals surface area contributed by atoms with Crippen molar-refractivity contribution in [3.8, 4) is 0 Å². The zero-order valence-corrected chi connectivity index (χ0v) is 12.6. The third-order valence-corrected chi connectivity index (χ3v) is 1.69. The monoisotopic (exact) mass is 340 g/mol. The molecule has 0 saturated carbocycles. The van der Waals surface area contributed by atoms with Crippen LogP contribution in [0.5, 0.6) is 0 Å². The highest BCUT2D eigenvalue weighted by Crippen LogP contribution is 2.06. The summed E-state index contributed by atoms with van der Waals surface area (Å²) in [6, 6.07) is 0. The maximum absolute atomic E-state index is 8.55. The van der Waals surface area contributed by atoms with Gasteiger partial charge in [-0.2, -0.15) is 20.0 Å². The van der Waals surface area contributed by atoms with Crippen molar-refractivity contribution in [3.05, 3.63) is 0 Å². The van der Waals surface area contributed by atoms with Gasteiger partial charge < -0.3 is 38.5 Å². The third kappa shape index (κ3) is 119. The van der Waals surface area contributed by atoms with Crippen molar-refractivity contribution in [1.82, 2.24) is 0 Å². The summed E-state index contributed by atoms with van der Waals surface area (Å²) in [5, 5.41) is 7.89. The van der Waals surface area contributed by atoms with Crippen molar-refractivity contribution in [2.45, 2.75) is 32.6 Å². The molecule has 120 valence electrons. The van der Waals surface area contributed by atoms with Crippen molar-refractivity contribution in [1.29, 1.82) is 0 Å². The first-order chi connectivity index (χ1) is 8.41. The molecule has 0 aromatic carbocycles. The Labute approximate surface area is 115 Å². The van der Waals surface area contributed by atoms with Gasteiger partial charge >= 0.3 is 0 Å². The van der Waals surface area contributed by atoms with Gasteiger partial charge in [-0.05, 0) is 6.42 Å². The van der Waals surface area contributed by atoms with Crippen LogP contribution in [0.2, 0.25) is 0 Å². The predicted octanol–water partition coefficient (Wildman–Crippen LogP) is -2.94. The van der Waals surface area contributed by atoms with Gasteiger partial charge in [-0.15, -0.1) is 0 Å². The van der Waals surface area contributed by atoms with E-state index in [1.165, 1.54) is 19.3 Å². The molecule has 0 radical (unpaired) electrons. The molecule has 10 nitrogen and oxygen atoms in total. The van der Waals surface area contributed by atoms with Gasteiger partial charge in [0.2, 0.25) is 0 Å². The summed E-state index contributed by atoms with van der Waals surface area (Å²) in [5.41, 5.74) is 0. The molecule has 0 rings (SSSR count). The van der Waals surface area contributed by atoms with E-state index < -0.39 is 15.6 Å². The second kappa shape index (κ2) is 14.9. The average molecular weight is 340 g/mol. The second-order valence-corrected chi connectivity index (χ2v) is 5.43. The van der Waals surface area contributed by atoms with E-state index in [9.17, 15) is 0 Å². The first-order valence-electron chi connectivity index (χ1n) is 4.81. The van der Waals surface area contributed by atoms with Gasteiger partial charge in [0, 0.05) is 17.8 Å². The summed E-state index contributed by atoms with van der Waals surface area (Å²) in [5.74, 6) is 0.899. The molecule has 19 heavy (non-hydrogen) atoms. The smallest absolute Gasteiger partial charge is 0.0311 e. The number of phosphoric acid groups is 2. The normalized spacial score (nSPS) is 10.9. The molecule has 0 aromatic heterocycles. The maximum atomic E-state index is 8.55. The molecule has 0 spiro atoms. The van der Waals surface area contributed by atoms with Gasteiger partial charge in [0.25, 0.3) is 0 Å². The summed E-state index contributed by atoms with van der Waals surface area (Å²) in [6.45, 7) is 2.18. The fourth-order valence-corrected chi connectivity index (χ4v) is 1.02. The van der Waals surface area contributed by atoms with E-state index in [0.29, 0.717) is 0 Å². The Bertz CT molecular complexity index is 220. The quantitative estimate of drug-likeness (QED) is 0.170. The zero-order valence-electron chi connectivity index (χ0n) is 9.96. The number of hydrogen-bond donors (Lipinski definition) is 1. The van der Waals surface area contributed by atoms with Crippen molar-refractivity contribution < 1.29 is 48.1 Å². The van der Waals surface area contributed by atoms with Crippen molar-refractivity contribution >= 4 is 27.7 Å². The number of rotatable bonds is 6. The lowest BCUT2D eigenvalue weighted by atomic mass is 10.2. The number of unbranched alkanes of at least 4 members (excludes halogenated alkanes) is 3. The van der Waals surface area contributed by atoms with Crippen molar-refractivity contribution in [2.75, 3.05) is 5.75 Å². The molecule has 0 fully saturated rings. The lowest BCUT2D eigenvalue weighted by molar-refractivity contribution is -0.434. The molecule has 0 saturated heterocycles. The van der Waals surface area contributed by atoms with Crippen LogP contribution >= 0.6 is 27.7 Å². The van der Waals surface area contributed by atoms with Crippen LogP contribution in [0.25, 0.3) is 0 Å². The standard InChI is InChI=1S/C6H14O2S.2H3O4P/c1-2-3-4-5-6-9-8-7;2*1-5(2,3)4/h7H,2-6H2,1H3;2*(H3,1,2,3,4)/p-6. The summed E-state index contributed by atoms with van der Waals surface area (Å²) in [4.78, 5) is 51.3. The summed E-state index contributed by atoms with van der Waals surface area (Å²) < 4.78 is 20.9. The van der Waals surface area contributed by atoms with Gasteiger partial charge in [-0.3, -0.25) is 0 Å². The molecule has 13 heteroatoms. The van der Waals surface area contributed by atoms with Crippen LogP contribution in [0.1, 0.15) is 32.6 Å². The van der Waals surface area contributed by atoms with Crippen LogP contribution < -0.4 is 29.4 Å². The lowest BCUT2D eigenvalue weighted by Gasteiger charge is -2.36. The van der Waals surface area contributed by atoms with E-state index in [2.05, 4.69) is 11.3 Å². The molecule has 0 atom stereocenters. The Hall–Kier alpha value is 0.490. The van der Waals surface area contributed by atoms with E-state index in [4.69, 9.17) is 43.7 Å². The Balaban J connectivity index is -0.000000219. The highest BCUT2D eigenvalue weighted by atomic mass is 32.2. The minimum Gasteiger partial charge on any atom is -0.822 e. The molecule has 0 bridgehead atoms. The molecule has 0 amide bonds. The molecule has 0 aliphatic carbocycles. The number of hydrogen-bond acceptors (Lipinski definition) is 11. The van der Waals surface area contributed by atoms with E-state index in [1.807, 2.05) is 0 Å². The molecule has 0 aliphatic heterocycles. The summed E-state index contributed by atoms with van der Waals surface area (Å²) >= 11 is 1.11. The van der Waals surface area contributed by atoms with Crippen LogP contribution in [-0.4, -0.2) is 11.0 Å². The molecule has 0 aliphatic rings. The van der Waals surface area contributed by atoms with Gasteiger partial charge in [-0.25, -0.2) is 5.26 Å². The topological polar surface area (TPSA) is 202 Å². The third-order valence-electron chi connectivity index (χ3n) is 1.13. The molecule has 0 heterocycles. The Morgan fingerprint density at radius 2 is 1.32 bits per heavy atom. The first-order valence-corrected chi connectivity index (χ1v) is 8.64. The molecular formula is C6H14O10P2S-6. The predicted molar refractivity (Wildman–Crippen MR) is 55.5 cm³/mol. The van der Waals surface area contributed by atoms with Gasteiger partial charge in [0.1, 0.15) is 0 Å². The SMILES string of the molecule is CCCCCCSOO.O=P([O-])([O-])[O-].O=P([O-])([O-])[O-]. The highest BCUT2D eigenvalue weighted by Gasteiger charge is 1.87. The second-order valence-electron chi connectivity index (χ2n) is 2.85. The van der Waals surface area contributed by atoms with Crippen LogP contribution in [0.4, 0.5) is 0 Å². The Morgan fingerprint density at radius 3 is 1.58 bits per heavy atom. The minimum absolute atomic E-state index is 0.899. The zero-order chi connectivity index (χ0) is 15.9. The van der Waals surface area contributed by atoms with Crippen LogP contribution in [0.3, 0.4) is 0 Å². The Morgan fingerprint density at radius 1 is 0.947 bits per heavy atom. The van der Waals surface area contributed by atoms with Gasteiger partial charge in [0.15, 0.2) is 0 Å². The lowest BCUT2D eigenvalue weighted by Crippen LogP contribution is -2.24. The molecular weight excluding hydrogens is 326 g/mol. The van der Waals surface area contributed by atoms with E-state index >= 15 is 0 Å². The fourth-order valence-electron chi connectivity index (χ4n) is 0.625. The Kier molecular flexibility index (Phi) is 19.2. The minimum atomic E-state index is -5.39. The highest BCUT2D eigenvalue weighted by molar-refractivity contribution is 7.94. The van der Waals surface area contributed by atoms with E-state index in [0.717, 1.165) is 24.2 Å². The average Bonchev–Trinajstić information content (AvgIpc) is 2.12. The molecule has 0 unspecified atom stereocenters. The molecule has 0 aromatic rings. The molecule has 1 N–H and O–H groups in total. The first kappa shape index (κ1) is 24.5. The fraction of sp³-hybridized carbons (Fsp3) is 1.00. The van der Waals surface area contributed by atoms with E-state index in [1.54, 1.807) is 0 Å². The largest absolute Gasteiger partial charge is 0.822 e.